The molecule has 3 aromatic rings. The highest BCUT2D eigenvalue weighted by Gasteiger charge is 2.24. The van der Waals surface area contributed by atoms with Gasteiger partial charge in [-0.2, -0.15) is 0 Å². The summed E-state index contributed by atoms with van der Waals surface area (Å²) in [4.78, 5) is 38.2. The standard InChI is InChI=1S/C27H33N5O3/c1-27(2,3)35-26(34)31-16-19-10-8-18(9-11-19)15-30-25(33)21-14-23(24-17-28-12-13-29-24)32-22-7-5-4-6-20(21)22/h4-7,12-14,17-19H,8-11,15-16H2,1-3H3,(H,30,33)(H,31,34)/t18-,19-. The minimum absolute atomic E-state index is 0.109. The molecule has 0 spiro atoms. The maximum absolute atomic E-state index is 13.2. The first-order valence-electron chi connectivity index (χ1n) is 12.2. The molecule has 1 aliphatic carbocycles. The van der Waals surface area contributed by atoms with E-state index in [2.05, 4.69) is 25.6 Å². The predicted molar refractivity (Wildman–Crippen MR) is 135 cm³/mol. The largest absolute Gasteiger partial charge is 0.444 e. The van der Waals surface area contributed by atoms with Crippen LogP contribution < -0.4 is 10.6 Å². The summed E-state index contributed by atoms with van der Waals surface area (Å²) in [6, 6.07) is 9.43. The monoisotopic (exact) mass is 475 g/mol. The van der Waals surface area contributed by atoms with E-state index in [1.165, 1.54) is 0 Å². The molecule has 8 heteroatoms. The molecule has 0 saturated heterocycles. The van der Waals surface area contributed by atoms with Crippen molar-refractivity contribution in [2.24, 2.45) is 11.8 Å². The van der Waals surface area contributed by atoms with Gasteiger partial charge in [0.15, 0.2) is 0 Å². The highest BCUT2D eigenvalue weighted by atomic mass is 16.6. The number of alkyl carbamates (subject to hydrolysis) is 1. The van der Waals surface area contributed by atoms with E-state index < -0.39 is 5.60 Å². The van der Waals surface area contributed by atoms with Gasteiger partial charge in [0.1, 0.15) is 11.3 Å². The number of benzene rings is 1. The van der Waals surface area contributed by atoms with E-state index in [-0.39, 0.29) is 12.0 Å². The van der Waals surface area contributed by atoms with Crippen LogP contribution in [0.4, 0.5) is 4.79 Å². The van der Waals surface area contributed by atoms with E-state index in [1.807, 2.05) is 45.0 Å². The quantitative estimate of drug-likeness (QED) is 0.533. The summed E-state index contributed by atoms with van der Waals surface area (Å²) in [5.41, 5.74) is 2.10. The average Bonchev–Trinajstić information content (AvgIpc) is 2.85. The number of hydrogen-bond donors (Lipinski definition) is 2. The van der Waals surface area contributed by atoms with Crippen LogP contribution in [-0.2, 0) is 4.74 Å². The lowest BCUT2D eigenvalue weighted by Crippen LogP contribution is -2.37. The molecule has 0 atom stereocenters. The lowest BCUT2D eigenvalue weighted by atomic mass is 9.82. The molecule has 2 heterocycles. The van der Waals surface area contributed by atoms with Crippen LogP contribution in [0.25, 0.3) is 22.3 Å². The summed E-state index contributed by atoms with van der Waals surface area (Å²) in [5.74, 6) is 0.750. The number of aromatic nitrogens is 3. The van der Waals surface area contributed by atoms with E-state index in [1.54, 1.807) is 24.7 Å². The van der Waals surface area contributed by atoms with Gasteiger partial charge in [0.2, 0.25) is 0 Å². The van der Waals surface area contributed by atoms with Crippen molar-refractivity contribution < 1.29 is 14.3 Å². The molecule has 0 aliphatic heterocycles. The molecule has 4 rings (SSSR count). The normalized spacial score (nSPS) is 18.1. The molecule has 1 fully saturated rings. The molecule has 0 bridgehead atoms. The first-order chi connectivity index (χ1) is 16.8. The highest BCUT2D eigenvalue weighted by Crippen LogP contribution is 2.28. The Labute approximate surface area is 205 Å². The molecule has 1 aromatic carbocycles. The molecule has 0 radical (unpaired) electrons. The van der Waals surface area contributed by atoms with Crippen molar-refractivity contribution in [3.8, 4) is 11.4 Å². The smallest absolute Gasteiger partial charge is 0.407 e. The number of para-hydroxylation sites is 1. The molecule has 1 saturated carbocycles. The summed E-state index contributed by atoms with van der Waals surface area (Å²) in [6.07, 6.45) is 8.58. The number of nitrogens with zero attached hydrogens (tertiary/aromatic N) is 3. The first kappa shape index (κ1) is 24.6. The minimum atomic E-state index is -0.491. The second-order valence-corrected chi connectivity index (χ2v) is 10.1. The minimum Gasteiger partial charge on any atom is -0.444 e. The summed E-state index contributed by atoms with van der Waals surface area (Å²) in [6.45, 7) is 6.83. The van der Waals surface area contributed by atoms with Crippen molar-refractivity contribution >= 4 is 22.9 Å². The van der Waals surface area contributed by atoms with Gasteiger partial charge < -0.3 is 15.4 Å². The Morgan fingerprint density at radius 2 is 1.66 bits per heavy atom. The van der Waals surface area contributed by atoms with Gasteiger partial charge in [-0.05, 0) is 70.4 Å². The SMILES string of the molecule is CC(C)(C)OC(=O)NC[C@H]1CC[C@H](CNC(=O)c2cc(-c3cnccn3)nc3ccccc23)CC1. The van der Waals surface area contributed by atoms with Crippen molar-refractivity contribution in [2.75, 3.05) is 13.1 Å². The second kappa shape index (κ2) is 10.8. The predicted octanol–water partition coefficient (Wildman–Crippen LogP) is 4.75. The van der Waals surface area contributed by atoms with Gasteiger partial charge in [-0.3, -0.25) is 14.8 Å². The third-order valence-corrected chi connectivity index (χ3v) is 6.24. The summed E-state index contributed by atoms with van der Waals surface area (Å²) in [7, 11) is 0. The molecule has 2 aromatic heterocycles. The van der Waals surface area contributed by atoms with E-state index in [0.29, 0.717) is 41.9 Å². The number of carbonyl (C=O) groups excluding carboxylic acids is 2. The number of fused-ring (bicyclic) bond motifs is 1. The summed E-state index contributed by atoms with van der Waals surface area (Å²) in [5, 5.41) is 6.84. The van der Waals surface area contributed by atoms with Crippen LogP contribution in [0.3, 0.4) is 0 Å². The molecule has 8 nitrogen and oxygen atoms in total. The van der Waals surface area contributed by atoms with Crippen molar-refractivity contribution in [1.29, 1.82) is 0 Å². The van der Waals surface area contributed by atoms with Crippen molar-refractivity contribution in [3.05, 3.63) is 54.5 Å². The Balaban J connectivity index is 1.33. The maximum Gasteiger partial charge on any atom is 0.407 e. The third-order valence-electron chi connectivity index (χ3n) is 6.24. The van der Waals surface area contributed by atoms with Crippen LogP contribution in [0, 0.1) is 11.8 Å². The Kier molecular flexibility index (Phi) is 7.58. The van der Waals surface area contributed by atoms with Gasteiger partial charge in [-0.25, -0.2) is 9.78 Å². The zero-order valence-electron chi connectivity index (χ0n) is 20.6. The van der Waals surface area contributed by atoms with Crippen LogP contribution in [0.2, 0.25) is 0 Å². The fourth-order valence-electron chi connectivity index (χ4n) is 4.44. The van der Waals surface area contributed by atoms with Crippen molar-refractivity contribution in [3.63, 3.8) is 0 Å². The maximum atomic E-state index is 13.2. The number of pyridine rings is 1. The zero-order valence-corrected chi connectivity index (χ0v) is 20.6. The second-order valence-electron chi connectivity index (χ2n) is 10.1. The van der Waals surface area contributed by atoms with Crippen LogP contribution in [0.5, 0.6) is 0 Å². The van der Waals surface area contributed by atoms with Gasteiger partial charge in [0.05, 0.1) is 23.0 Å². The van der Waals surface area contributed by atoms with Crippen LogP contribution in [-0.4, -0.2) is 45.6 Å². The third kappa shape index (κ3) is 6.74. The Hall–Kier alpha value is -3.55. The molecule has 2 amide bonds. The van der Waals surface area contributed by atoms with Crippen LogP contribution in [0.1, 0.15) is 56.8 Å². The van der Waals surface area contributed by atoms with Gasteiger partial charge in [-0.15, -0.1) is 0 Å². The van der Waals surface area contributed by atoms with E-state index in [4.69, 9.17) is 4.74 Å². The molecule has 184 valence electrons. The molecule has 35 heavy (non-hydrogen) atoms. The molecular formula is C27H33N5O3. The van der Waals surface area contributed by atoms with E-state index in [0.717, 1.165) is 36.6 Å². The Morgan fingerprint density at radius 3 is 2.31 bits per heavy atom. The average molecular weight is 476 g/mol. The number of amides is 2. The first-order valence-corrected chi connectivity index (χ1v) is 12.2. The lowest BCUT2D eigenvalue weighted by Gasteiger charge is -2.29. The molecule has 1 aliphatic rings. The van der Waals surface area contributed by atoms with Gasteiger partial charge in [-0.1, -0.05) is 18.2 Å². The number of nitrogens with one attached hydrogen (secondary N) is 2. The number of hydrogen-bond acceptors (Lipinski definition) is 6. The number of rotatable bonds is 6. The topological polar surface area (TPSA) is 106 Å². The zero-order chi connectivity index (χ0) is 24.8. The van der Waals surface area contributed by atoms with Crippen LogP contribution >= 0.6 is 0 Å². The molecule has 2 N–H and O–H groups in total. The lowest BCUT2D eigenvalue weighted by molar-refractivity contribution is 0.0512. The van der Waals surface area contributed by atoms with Gasteiger partial charge >= 0.3 is 6.09 Å². The fourth-order valence-corrected chi connectivity index (χ4v) is 4.44. The van der Waals surface area contributed by atoms with Crippen LogP contribution in [0.15, 0.2) is 48.9 Å². The van der Waals surface area contributed by atoms with Gasteiger partial charge in [0.25, 0.3) is 5.91 Å². The number of ether oxygens (including phenoxy) is 1. The van der Waals surface area contributed by atoms with Crippen molar-refractivity contribution in [1.82, 2.24) is 25.6 Å². The summed E-state index contributed by atoms with van der Waals surface area (Å²) >= 11 is 0. The number of carbonyl (C=O) groups is 2. The summed E-state index contributed by atoms with van der Waals surface area (Å²) < 4.78 is 5.31. The Morgan fingerprint density at radius 1 is 0.971 bits per heavy atom. The van der Waals surface area contributed by atoms with E-state index >= 15 is 0 Å². The van der Waals surface area contributed by atoms with Crippen molar-refractivity contribution in [2.45, 2.75) is 52.1 Å². The molecule has 0 unspecified atom stereocenters. The van der Waals surface area contributed by atoms with E-state index in [9.17, 15) is 9.59 Å². The Bertz CT molecular complexity index is 1170. The fraction of sp³-hybridized carbons (Fsp3) is 0.444. The molecular weight excluding hydrogens is 442 g/mol. The van der Waals surface area contributed by atoms with Gasteiger partial charge in [0, 0.05) is 30.9 Å². The highest BCUT2D eigenvalue weighted by molar-refractivity contribution is 6.07.